The molecule has 8 heteroatoms. The van der Waals surface area contributed by atoms with E-state index in [0.717, 1.165) is 24.5 Å². The summed E-state index contributed by atoms with van der Waals surface area (Å²) >= 11 is 0. The minimum Gasteiger partial charge on any atom is -0.372 e. The number of hydrogen-bond donors (Lipinski definition) is 2. The number of pyridine rings is 1. The third-order valence-corrected chi connectivity index (χ3v) is 3.92. The third-order valence-electron chi connectivity index (χ3n) is 3.92. The van der Waals surface area contributed by atoms with E-state index in [9.17, 15) is 9.59 Å². The maximum atomic E-state index is 12.0. The first-order chi connectivity index (χ1) is 12.0. The molecular weight excluding hydrogens is 322 g/mol. The molecule has 1 aliphatic rings. The second-order valence-corrected chi connectivity index (χ2v) is 6.18. The van der Waals surface area contributed by atoms with Crippen LogP contribution in [0.2, 0.25) is 0 Å². The summed E-state index contributed by atoms with van der Waals surface area (Å²) in [6.45, 7) is 6.06. The zero-order valence-electron chi connectivity index (χ0n) is 14.2. The average molecular weight is 343 g/mol. The number of nitrogens with zero attached hydrogens (tertiary/aromatic N) is 3. The Morgan fingerprint density at radius 3 is 2.64 bits per heavy atom. The summed E-state index contributed by atoms with van der Waals surface area (Å²) in [6.07, 6.45) is 2.10. The van der Waals surface area contributed by atoms with Crippen molar-refractivity contribution in [1.29, 1.82) is 0 Å². The molecule has 0 spiro atoms. The molecule has 2 aromatic rings. The van der Waals surface area contributed by atoms with Gasteiger partial charge in [-0.2, -0.15) is 5.10 Å². The molecule has 2 N–H and O–H groups in total. The van der Waals surface area contributed by atoms with Crippen molar-refractivity contribution in [3.63, 3.8) is 0 Å². The molecule has 0 saturated carbocycles. The Balaban J connectivity index is 1.58. The number of carbonyl (C=O) groups is 1. The number of rotatable bonds is 4. The summed E-state index contributed by atoms with van der Waals surface area (Å²) in [5.74, 6) is 0.551. The van der Waals surface area contributed by atoms with Crippen LogP contribution in [-0.4, -0.2) is 46.4 Å². The number of amides is 1. The molecule has 132 valence electrons. The Labute approximate surface area is 145 Å². The third kappa shape index (κ3) is 4.42. The molecule has 3 heterocycles. The van der Waals surface area contributed by atoms with Gasteiger partial charge in [0.25, 0.3) is 11.5 Å². The largest absolute Gasteiger partial charge is 0.372 e. The minimum absolute atomic E-state index is 0.167. The maximum Gasteiger partial charge on any atom is 0.271 e. The van der Waals surface area contributed by atoms with E-state index in [1.165, 1.54) is 12.1 Å². The number of aromatic amines is 1. The van der Waals surface area contributed by atoms with Gasteiger partial charge in [-0.15, -0.1) is 0 Å². The van der Waals surface area contributed by atoms with Crippen molar-refractivity contribution < 1.29 is 9.53 Å². The van der Waals surface area contributed by atoms with E-state index in [-0.39, 0.29) is 29.4 Å². The number of carbonyl (C=O) groups excluding carboxylic acids is 1. The van der Waals surface area contributed by atoms with Gasteiger partial charge in [0.1, 0.15) is 11.5 Å². The van der Waals surface area contributed by atoms with Crippen molar-refractivity contribution >= 4 is 11.7 Å². The molecule has 3 rings (SSSR count). The normalized spacial score (nSPS) is 20.3. The lowest BCUT2D eigenvalue weighted by Crippen LogP contribution is -2.45. The number of anilines is 1. The molecule has 2 unspecified atom stereocenters. The number of nitrogens with one attached hydrogen (secondary N) is 2. The Kier molecular flexibility index (Phi) is 5.08. The monoisotopic (exact) mass is 343 g/mol. The van der Waals surface area contributed by atoms with Gasteiger partial charge in [0, 0.05) is 31.9 Å². The molecule has 8 nitrogen and oxygen atoms in total. The predicted molar refractivity (Wildman–Crippen MR) is 92.5 cm³/mol. The van der Waals surface area contributed by atoms with Gasteiger partial charge in [0.05, 0.1) is 12.2 Å². The van der Waals surface area contributed by atoms with Gasteiger partial charge >= 0.3 is 0 Å². The number of aromatic nitrogens is 3. The fourth-order valence-electron chi connectivity index (χ4n) is 2.82. The van der Waals surface area contributed by atoms with Crippen LogP contribution in [0.25, 0.3) is 0 Å². The fourth-order valence-corrected chi connectivity index (χ4v) is 2.82. The molecule has 1 amide bonds. The maximum absolute atomic E-state index is 12.0. The first kappa shape index (κ1) is 17.1. The van der Waals surface area contributed by atoms with Crippen molar-refractivity contribution in [2.24, 2.45) is 0 Å². The molecule has 1 aliphatic heterocycles. The molecule has 2 atom stereocenters. The van der Waals surface area contributed by atoms with Crippen molar-refractivity contribution in [2.45, 2.75) is 32.6 Å². The lowest BCUT2D eigenvalue weighted by Gasteiger charge is -2.36. The van der Waals surface area contributed by atoms with E-state index in [1.54, 1.807) is 6.20 Å². The van der Waals surface area contributed by atoms with E-state index in [0.29, 0.717) is 6.54 Å². The van der Waals surface area contributed by atoms with Gasteiger partial charge in [-0.3, -0.25) is 9.59 Å². The summed E-state index contributed by atoms with van der Waals surface area (Å²) in [5.41, 5.74) is 0.708. The van der Waals surface area contributed by atoms with Crippen LogP contribution < -0.4 is 15.8 Å². The molecule has 0 radical (unpaired) electrons. The molecule has 2 aromatic heterocycles. The Morgan fingerprint density at radius 2 is 2.04 bits per heavy atom. The van der Waals surface area contributed by atoms with Gasteiger partial charge < -0.3 is 15.0 Å². The van der Waals surface area contributed by atoms with Gasteiger partial charge in [-0.05, 0) is 31.5 Å². The van der Waals surface area contributed by atoms with E-state index in [2.05, 4.69) is 39.2 Å². The zero-order chi connectivity index (χ0) is 17.8. The lowest BCUT2D eigenvalue weighted by molar-refractivity contribution is -0.00546. The van der Waals surface area contributed by atoms with Gasteiger partial charge in [-0.25, -0.2) is 10.1 Å². The van der Waals surface area contributed by atoms with Gasteiger partial charge in [0.2, 0.25) is 0 Å². The molecule has 1 fully saturated rings. The highest BCUT2D eigenvalue weighted by atomic mass is 16.5. The average Bonchev–Trinajstić information content (AvgIpc) is 2.60. The number of ether oxygens (including phenoxy) is 1. The van der Waals surface area contributed by atoms with Crippen LogP contribution in [-0.2, 0) is 11.3 Å². The fraction of sp³-hybridized carbons (Fsp3) is 0.412. The highest BCUT2D eigenvalue weighted by Crippen LogP contribution is 2.18. The second-order valence-electron chi connectivity index (χ2n) is 6.18. The second kappa shape index (κ2) is 7.43. The first-order valence-corrected chi connectivity index (χ1v) is 8.20. The topological polar surface area (TPSA) is 100 Å². The van der Waals surface area contributed by atoms with E-state index < -0.39 is 0 Å². The van der Waals surface area contributed by atoms with Crippen molar-refractivity contribution in [1.82, 2.24) is 20.5 Å². The standard InChI is InChI=1S/C17H21N5O3/c1-11-9-22(10-12(2)25-11)15-5-3-13(7-18-15)8-19-17(24)14-4-6-16(23)21-20-14/h3-7,11-12H,8-10H2,1-2H3,(H,19,24)(H,21,23). The van der Waals surface area contributed by atoms with Crippen LogP contribution in [0, 0.1) is 0 Å². The molecule has 1 saturated heterocycles. The summed E-state index contributed by atoms with van der Waals surface area (Å²) < 4.78 is 5.73. The van der Waals surface area contributed by atoms with Crippen LogP contribution in [0.3, 0.4) is 0 Å². The highest BCUT2D eigenvalue weighted by molar-refractivity contribution is 5.91. The van der Waals surface area contributed by atoms with Gasteiger partial charge in [-0.1, -0.05) is 6.07 Å². The van der Waals surface area contributed by atoms with Crippen molar-refractivity contribution in [2.75, 3.05) is 18.0 Å². The zero-order valence-corrected chi connectivity index (χ0v) is 14.2. The minimum atomic E-state index is -0.351. The first-order valence-electron chi connectivity index (χ1n) is 8.20. The van der Waals surface area contributed by atoms with E-state index in [1.807, 2.05) is 12.1 Å². The van der Waals surface area contributed by atoms with Crippen LogP contribution >= 0.6 is 0 Å². The van der Waals surface area contributed by atoms with Crippen LogP contribution in [0.1, 0.15) is 29.9 Å². The Hall–Kier alpha value is -2.74. The summed E-state index contributed by atoms with van der Waals surface area (Å²) in [5, 5.41) is 8.68. The molecular formula is C17H21N5O3. The SMILES string of the molecule is CC1CN(c2ccc(CNC(=O)c3ccc(=O)[nH]n3)cn2)CC(C)O1. The molecule has 25 heavy (non-hydrogen) atoms. The van der Waals surface area contributed by atoms with Crippen LogP contribution in [0.5, 0.6) is 0 Å². The summed E-state index contributed by atoms with van der Waals surface area (Å²) in [7, 11) is 0. The number of H-pyrrole nitrogens is 1. The summed E-state index contributed by atoms with van der Waals surface area (Å²) in [6, 6.07) is 6.54. The van der Waals surface area contributed by atoms with E-state index in [4.69, 9.17) is 4.74 Å². The molecule has 0 aliphatic carbocycles. The highest BCUT2D eigenvalue weighted by Gasteiger charge is 2.22. The van der Waals surface area contributed by atoms with Crippen LogP contribution in [0.15, 0.2) is 35.3 Å². The number of morpholine rings is 1. The molecule has 0 bridgehead atoms. The van der Waals surface area contributed by atoms with E-state index >= 15 is 0 Å². The predicted octanol–water partition coefficient (Wildman–Crippen LogP) is 0.708. The van der Waals surface area contributed by atoms with Gasteiger partial charge in [0.15, 0.2) is 0 Å². The quantitative estimate of drug-likeness (QED) is 0.848. The smallest absolute Gasteiger partial charge is 0.271 e. The van der Waals surface area contributed by atoms with Crippen molar-refractivity contribution in [3.8, 4) is 0 Å². The lowest BCUT2D eigenvalue weighted by atomic mass is 10.2. The van der Waals surface area contributed by atoms with Crippen molar-refractivity contribution in [3.05, 3.63) is 52.1 Å². The summed E-state index contributed by atoms with van der Waals surface area (Å²) in [4.78, 5) is 29.6. The Morgan fingerprint density at radius 1 is 1.28 bits per heavy atom. The Bertz CT molecular complexity index is 759. The van der Waals surface area contributed by atoms with Crippen LogP contribution in [0.4, 0.5) is 5.82 Å². The number of hydrogen-bond acceptors (Lipinski definition) is 6. The molecule has 0 aromatic carbocycles.